The topological polar surface area (TPSA) is 42.9 Å². The molecule has 2 aromatic carbocycles. The number of hydrogen-bond acceptors (Lipinski definition) is 4. The summed E-state index contributed by atoms with van der Waals surface area (Å²) in [6.45, 7) is 3.10. The Morgan fingerprint density at radius 2 is 2.04 bits per heavy atom. The maximum atomic E-state index is 4.51. The molecule has 0 aliphatic carbocycles. The zero-order valence-electron chi connectivity index (χ0n) is 16.7. The minimum Gasteiger partial charge on any atom is -0.388 e. The van der Waals surface area contributed by atoms with Crippen molar-refractivity contribution in [2.24, 2.45) is 4.99 Å². The minimum absolute atomic E-state index is 0.838. The maximum absolute atomic E-state index is 4.51. The van der Waals surface area contributed by atoms with Crippen LogP contribution >= 0.6 is 0 Å². The summed E-state index contributed by atoms with van der Waals surface area (Å²) in [6.07, 6.45) is 6.19. The zero-order valence-corrected chi connectivity index (χ0v) is 16.7. The molecule has 0 fully saturated rings. The van der Waals surface area contributed by atoms with Gasteiger partial charge in [0, 0.05) is 45.3 Å². The summed E-state index contributed by atoms with van der Waals surface area (Å²) in [5, 5.41) is 5.21. The molecule has 0 bridgehead atoms. The molecule has 3 rings (SSSR count). The fourth-order valence-electron chi connectivity index (χ4n) is 3.42. The highest BCUT2D eigenvalue weighted by molar-refractivity contribution is 5.82. The summed E-state index contributed by atoms with van der Waals surface area (Å²) in [4.78, 5) is 6.84. The molecule has 5 heteroatoms. The van der Waals surface area contributed by atoms with Gasteiger partial charge in [0.05, 0.1) is 5.69 Å². The van der Waals surface area contributed by atoms with E-state index in [4.69, 9.17) is 0 Å². The Kier molecular flexibility index (Phi) is 6.01. The molecular formula is C22H29N5. The van der Waals surface area contributed by atoms with E-state index in [1.807, 2.05) is 50.4 Å². The molecule has 1 heterocycles. The molecule has 0 radical (unpaired) electrons. The molecule has 0 amide bonds. The van der Waals surface area contributed by atoms with Gasteiger partial charge in [-0.3, -0.25) is 10.4 Å². The van der Waals surface area contributed by atoms with Gasteiger partial charge >= 0.3 is 0 Å². The molecule has 2 aromatic rings. The lowest BCUT2D eigenvalue weighted by atomic mass is 10.0. The molecule has 1 aliphatic rings. The Morgan fingerprint density at radius 3 is 2.85 bits per heavy atom. The molecule has 2 N–H and O–H groups in total. The molecule has 1 aliphatic heterocycles. The highest BCUT2D eigenvalue weighted by atomic mass is 15.5. The molecule has 27 heavy (non-hydrogen) atoms. The second kappa shape index (κ2) is 8.62. The predicted octanol–water partition coefficient (Wildman–Crippen LogP) is 4.14. The number of aliphatic imine (C=N–C) groups is 1. The smallest absolute Gasteiger partial charge is 0.117 e. The largest absolute Gasteiger partial charge is 0.388 e. The van der Waals surface area contributed by atoms with E-state index in [9.17, 15) is 0 Å². The molecule has 0 unspecified atom stereocenters. The van der Waals surface area contributed by atoms with Gasteiger partial charge in [0.2, 0.25) is 0 Å². The molecule has 142 valence electrons. The third kappa shape index (κ3) is 4.61. The lowest BCUT2D eigenvalue weighted by Crippen LogP contribution is -2.38. The van der Waals surface area contributed by atoms with Gasteiger partial charge < -0.3 is 10.2 Å². The first-order valence-electron chi connectivity index (χ1n) is 9.40. The summed E-state index contributed by atoms with van der Waals surface area (Å²) in [6, 6.07) is 14.8. The summed E-state index contributed by atoms with van der Waals surface area (Å²) in [5.41, 5.74) is 9.43. The van der Waals surface area contributed by atoms with Crippen molar-refractivity contribution in [3.8, 4) is 0 Å². The van der Waals surface area contributed by atoms with Crippen LogP contribution in [0.4, 0.5) is 17.1 Å². The van der Waals surface area contributed by atoms with Crippen LogP contribution in [-0.4, -0.2) is 33.5 Å². The van der Waals surface area contributed by atoms with Crippen LogP contribution in [0.2, 0.25) is 0 Å². The van der Waals surface area contributed by atoms with Crippen LogP contribution in [0.5, 0.6) is 0 Å². The molecular weight excluding hydrogens is 334 g/mol. The van der Waals surface area contributed by atoms with E-state index in [0.29, 0.717) is 0 Å². The summed E-state index contributed by atoms with van der Waals surface area (Å²) < 4.78 is 0. The lowest BCUT2D eigenvalue weighted by molar-refractivity contribution is 0.743. The summed E-state index contributed by atoms with van der Waals surface area (Å²) >= 11 is 0. The van der Waals surface area contributed by atoms with Gasteiger partial charge in [-0.1, -0.05) is 18.2 Å². The zero-order chi connectivity index (χ0) is 19.2. The molecule has 0 atom stereocenters. The van der Waals surface area contributed by atoms with E-state index in [1.165, 1.54) is 17.7 Å². The molecule has 0 saturated carbocycles. The molecule has 0 spiro atoms. The first-order chi connectivity index (χ1) is 13.1. The third-order valence-electron chi connectivity index (χ3n) is 4.88. The van der Waals surface area contributed by atoms with Crippen LogP contribution in [-0.2, 0) is 6.42 Å². The van der Waals surface area contributed by atoms with Crippen LogP contribution in [0, 0.1) is 0 Å². The lowest BCUT2D eigenvalue weighted by Gasteiger charge is -2.29. The van der Waals surface area contributed by atoms with E-state index in [0.717, 1.165) is 35.7 Å². The van der Waals surface area contributed by atoms with Gasteiger partial charge in [-0.25, -0.2) is 4.99 Å². The van der Waals surface area contributed by atoms with Crippen LogP contribution in [0.3, 0.4) is 0 Å². The number of anilines is 3. The highest BCUT2D eigenvalue weighted by Crippen LogP contribution is 2.29. The number of hydrazine groups is 1. The number of nitrogens with zero attached hydrogens (tertiary/aromatic N) is 3. The molecule has 0 saturated heterocycles. The fourth-order valence-corrected chi connectivity index (χ4v) is 3.42. The van der Waals surface area contributed by atoms with Crippen LogP contribution in [0.25, 0.3) is 6.08 Å². The Hall–Kier alpha value is -2.95. The second-order valence-electron chi connectivity index (χ2n) is 6.88. The number of para-hydroxylation sites is 1. The van der Waals surface area contributed by atoms with Crippen molar-refractivity contribution in [1.29, 1.82) is 0 Å². The van der Waals surface area contributed by atoms with Crippen LogP contribution in [0.1, 0.15) is 24.5 Å². The Morgan fingerprint density at radius 1 is 1.22 bits per heavy atom. The van der Waals surface area contributed by atoms with Crippen molar-refractivity contribution in [2.45, 2.75) is 19.8 Å². The Bertz CT molecular complexity index is 840. The standard InChI is InChI=1S/C22H29N5/c1-17(24-14-13-18-8-5-6-10-21(18)23-2)25-27(4)20-11-12-22-19(16-20)9-7-15-26(22)3/h5-6,8,10-14,16,23H,7,9,15H2,1-4H3,(H,24,25)/b14-13-. The number of rotatable bonds is 5. The number of benzene rings is 2. The van der Waals surface area contributed by atoms with Gasteiger partial charge in [0.25, 0.3) is 0 Å². The Balaban J connectivity index is 1.66. The van der Waals surface area contributed by atoms with E-state index in [2.05, 4.69) is 58.0 Å². The van der Waals surface area contributed by atoms with Crippen molar-refractivity contribution >= 4 is 29.0 Å². The average Bonchev–Trinajstić information content (AvgIpc) is 2.68. The predicted molar refractivity (Wildman–Crippen MR) is 118 cm³/mol. The van der Waals surface area contributed by atoms with Crippen molar-refractivity contribution in [1.82, 2.24) is 5.43 Å². The van der Waals surface area contributed by atoms with Crippen molar-refractivity contribution in [2.75, 3.05) is 42.9 Å². The monoisotopic (exact) mass is 363 g/mol. The van der Waals surface area contributed by atoms with E-state index in [1.54, 1.807) is 0 Å². The summed E-state index contributed by atoms with van der Waals surface area (Å²) in [5.74, 6) is 0.838. The van der Waals surface area contributed by atoms with Gasteiger partial charge in [-0.05, 0) is 61.2 Å². The number of fused-ring (bicyclic) bond motifs is 1. The first-order valence-corrected chi connectivity index (χ1v) is 9.40. The normalized spacial score (nSPS) is 14.2. The van der Waals surface area contributed by atoms with Gasteiger partial charge in [-0.2, -0.15) is 0 Å². The number of hydrogen-bond donors (Lipinski definition) is 2. The van der Waals surface area contributed by atoms with Crippen molar-refractivity contribution in [3.63, 3.8) is 0 Å². The third-order valence-corrected chi connectivity index (χ3v) is 4.88. The second-order valence-corrected chi connectivity index (χ2v) is 6.88. The first kappa shape index (κ1) is 18.8. The van der Waals surface area contributed by atoms with Crippen molar-refractivity contribution in [3.05, 3.63) is 59.8 Å². The van der Waals surface area contributed by atoms with E-state index < -0.39 is 0 Å². The highest BCUT2D eigenvalue weighted by Gasteiger charge is 2.14. The summed E-state index contributed by atoms with van der Waals surface area (Å²) in [7, 11) is 6.11. The SMILES string of the molecule is CNc1ccccc1/C=C\N=C(C)NN(C)c1ccc2c(c1)CCCN2C. The number of nitrogens with one attached hydrogen (secondary N) is 2. The van der Waals surface area contributed by atoms with Crippen LogP contribution < -0.4 is 20.7 Å². The number of aryl methyl sites for hydroxylation is 1. The quantitative estimate of drug-likeness (QED) is 0.476. The maximum Gasteiger partial charge on any atom is 0.117 e. The molecule has 5 nitrogen and oxygen atoms in total. The Labute approximate surface area is 162 Å². The minimum atomic E-state index is 0.838. The van der Waals surface area contributed by atoms with E-state index in [-0.39, 0.29) is 0 Å². The van der Waals surface area contributed by atoms with E-state index >= 15 is 0 Å². The average molecular weight is 364 g/mol. The van der Waals surface area contributed by atoms with Crippen LogP contribution in [0.15, 0.2) is 53.7 Å². The van der Waals surface area contributed by atoms with Gasteiger partial charge in [0.15, 0.2) is 0 Å². The van der Waals surface area contributed by atoms with Gasteiger partial charge in [-0.15, -0.1) is 0 Å². The molecule has 0 aromatic heterocycles. The number of amidine groups is 1. The van der Waals surface area contributed by atoms with Crippen molar-refractivity contribution < 1.29 is 0 Å². The fraction of sp³-hybridized carbons (Fsp3) is 0.318. The van der Waals surface area contributed by atoms with Gasteiger partial charge in [0.1, 0.15) is 5.84 Å².